The van der Waals surface area contributed by atoms with Crippen molar-refractivity contribution >= 4 is 28.0 Å². The third-order valence-corrected chi connectivity index (χ3v) is 7.64. The number of rotatable bonds is 5. The normalized spacial score (nSPS) is 20.4. The Morgan fingerprint density at radius 3 is 2.72 bits per heavy atom. The third kappa shape index (κ3) is 3.82. The van der Waals surface area contributed by atoms with Crippen molar-refractivity contribution in [3.05, 3.63) is 41.7 Å². The van der Waals surface area contributed by atoms with Gasteiger partial charge in [0.15, 0.2) is 5.82 Å². The molecule has 1 amide bonds. The van der Waals surface area contributed by atoms with E-state index in [4.69, 9.17) is 20.4 Å². The van der Waals surface area contributed by atoms with Crippen LogP contribution in [0.4, 0.5) is 4.39 Å². The Labute approximate surface area is 208 Å². The van der Waals surface area contributed by atoms with Crippen molar-refractivity contribution in [1.29, 1.82) is 0 Å². The number of nitrogens with zero attached hydrogens (tertiary/aromatic N) is 5. The summed E-state index contributed by atoms with van der Waals surface area (Å²) >= 11 is 0. The number of methoxy groups -OCH3 is 1. The van der Waals surface area contributed by atoms with E-state index in [0.29, 0.717) is 40.8 Å². The molecule has 188 valence electrons. The molecule has 2 N–H and O–H groups in total. The van der Waals surface area contributed by atoms with Crippen molar-refractivity contribution in [3.8, 4) is 17.4 Å². The highest BCUT2D eigenvalue weighted by atomic mass is 19.1. The number of fused-ring (bicyclic) bond motifs is 2. The number of piperidine rings is 1. The fourth-order valence-electron chi connectivity index (χ4n) is 5.39. The molecular formula is C27H31FN6O2. The molecule has 4 heterocycles. The van der Waals surface area contributed by atoms with Crippen LogP contribution in [0, 0.1) is 11.7 Å². The van der Waals surface area contributed by atoms with Crippen molar-refractivity contribution in [1.82, 2.24) is 24.0 Å². The van der Waals surface area contributed by atoms with Crippen LogP contribution in [0.15, 0.2) is 30.3 Å². The van der Waals surface area contributed by atoms with Gasteiger partial charge in [0.1, 0.15) is 17.0 Å². The van der Waals surface area contributed by atoms with E-state index in [1.807, 2.05) is 32.2 Å². The number of amides is 1. The van der Waals surface area contributed by atoms with E-state index in [9.17, 15) is 4.79 Å². The van der Waals surface area contributed by atoms with Crippen LogP contribution in [0.5, 0.6) is 5.88 Å². The first-order valence-electron chi connectivity index (χ1n) is 12.6. The molecule has 0 bridgehead atoms. The van der Waals surface area contributed by atoms with Gasteiger partial charge in [-0.2, -0.15) is 4.98 Å². The van der Waals surface area contributed by atoms with Gasteiger partial charge in [-0.1, -0.05) is 0 Å². The summed E-state index contributed by atoms with van der Waals surface area (Å²) in [6, 6.07) is 8.92. The molecule has 2 fully saturated rings. The second-order valence-electron chi connectivity index (χ2n) is 10.3. The molecule has 1 saturated heterocycles. The standard InChI is InChI=1S/C27H31FN6O2/c1-15-4-8-19(29)14-33(15)27(35)18-10-20(28)24-21(11-18)30-26(32(24)2)22-12-17-7-9-23(36-3)31-25(17)34(22)13-16-5-6-16/h7,9-12,15-16,19H,4-6,8,13-14,29H2,1-3H3. The van der Waals surface area contributed by atoms with Gasteiger partial charge in [-0.3, -0.25) is 4.79 Å². The Morgan fingerprint density at radius 1 is 1.17 bits per heavy atom. The summed E-state index contributed by atoms with van der Waals surface area (Å²) in [5.41, 5.74) is 8.95. The largest absolute Gasteiger partial charge is 0.481 e. The topological polar surface area (TPSA) is 91.2 Å². The predicted molar refractivity (Wildman–Crippen MR) is 136 cm³/mol. The number of pyridine rings is 1. The Hall–Kier alpha value is -3.46. The van der Waals surface area contributed by atoms with Crippen LogP contribution < -0.4 is 10.5 Å². The van der Waals surface area contributed by atoms with E-state index in [1.54, 1.807) is 22.6 Å². The fraction of sp³-hybridized carbons (Fsp3) is 0.444. The molecule has 3 aromatic heterocycles. The third-order valence-electron chi connectivity index (χ3n) is 7.64. The number of benzene rings is 1. The van der Waals surface area contributed by atoms with Gasteiger partial charge in [-0.05, 0) is 62.8 Å². The smallest absolute Gasteiger partial charge is 0.254 e. The maximum Gasteiger partial charge on any atom is 0.254 e. The summed E-state index contributed by atoms with van der Waals surface area (Å²) in [6.45, 7) is 3.31. The first kappa shape index (κ1) is 23.0. The van der Waals surface area contributed by atoms with Crippen molar-refractivity contribution in [2.24, 2.45) is 18.7 Å². The summed E-state index contributed by atoms with van der Waals surface area (Å²) in [6.07, 6.45) is 4.10. The second kappa shape index (κ2) is 8.58. The number of halogens is 1. The predicted octanol–water partition coefficient (Wildman–Crippen LogP) is 4.10. The number of likely N-dealkylation sites (tertiary alicyclic amines) is 1. The molecule has 2 unspecified atom stereocenters. The first-order chi connectivity index (χ1) is 17.3. The lowest BCUT2D eigenvalue weighted by Crippen LogP contribution is -2.50. The maximum atomic E-state index is 15.5. The Kier molecular flexibility index (Phi) is 5.48. The summed E-state index contributed by atoms with van der Waals surface area (Å²) in [5.74, 6) is 1.12. The zero-order valence-corrected chi connectivity index (χ0v) is 20.9. The molecule has 1 saturated carbocycles. The highest BCUT2D eigenvalue weighted by molar-refractivity contribution is 5.98. The van der Waals surface area contributed by atoms with Gasteiger partial charge in [0.2, 0.25) is 5.88 Å². The van der Waals surface area contributed by atoms with Gasteiger partial charge >= 0.3 is 0 Å². The van der Waals surface area contributed by atoms with E-state index < -0.39 is 5.82 Å². The minimum absolute atomic E-state index is 0.0548. The lowest BCUT2D eigenvalue weighted by molar-refractivity contribution is 0.0612. The number of hydrogen-bond acceptors (Lipinski definition) is 5. The SMILES string of the molecule is COc1ccc2cc(-c3nc4cc(C(=O)N5CC(N)CCC5C)cc(F)c4n3C)n(CC3CC3)c2n1. The van der Waals surface area contributed by atoms with E-state index in [1.165, 1.54) is 18.9 Å². The Morgan fingerprint density at radius 2 is 1.97 bits per heavy atom. The quantitative estimate of drug-likeness (QED) is 0.455. The highest BCUT2D eigenvalue weighted by Crippen LogP contribution is 2.37. The van der Waals surface area contributed by atoms with Gasteiger partial charge in [-0.15, -0.1) is 0 Å². The molecule has 2 aliphatic rings. The maximum absolute atomic E-state index is 15.5. The van der Waals surface area contributed by atoms with Crippen LogP contribution in [0.3, 0.4) is 0 Å². The average Bonchev–Trinajstić information content (AvgIpc) is 3.53. The van der Waals surface area contributed by atoms with E-state index >= 15 is 4.39 Å². The number of aromatic nitrogens is 4. The fourth-order valence-corrected chi connectivity index (χ4v) is 5.39. The van der Waals surface area contributed by atoms with Gasteiger partial charge in [0, 0.05) is 49.2 Å². The van der Waals surface area contributed by atoms with Crippen molar-refractivity contribution in [2.75, 3.05) is 13.7 Å². The van der Waals surface area contributed by atoms with Crippen molar-refractivity contribution in [2.45, 2.75) is 51.2 Å². The van der Waals surface area contributed by atoms with E-state index in [-0.39, 0.29) is 18.0 Å². The van der Waals surface area contributed by atoms with Gasteiger partial charge in [0.05, 0.1) is 18.3 Å². The van der Waals surface area contributed by atoms with Crippen LogP contribution >= 0.6 is 0 Å². The molecule has 36 heavy (non-hydrogen) atoms. The molecule has 4 aromatic rings. The molecule has 9 heteroatoms. The van der Waals surface area contributed by atoms with Crippen LogP contribution in [-0.2, 0) is 13.6 Å². The second-order valence-corrected chi connectivity index (χ2v) is 10.3. The van der Waals surface area contributed by atoms with E-state index in [2.05, 4.69) is 4.57 Å². The van der Waals surface area contributed by atoms with Crippen LogP contribution in [-0.4, -0.2) is 55.6 Å². The van der Waals surface area contributed by atoms with Crippen LogP contribution in [0.25, 0.3) is 33.6 Å². The van der Waals surface area contributed by atoms with Crippen LogP contribution in [0.1, 0.15) is 43.0 Å². The average molecular weight is 491 g/mol. The molecule has 1 aliphatic heterocycles. The molecule has 2 atom stereocenters. The highest BCUT2D eigenvalue weighted by Gasteiger charge is 2.30. The van der Waals surface area contributed by atoms with E-state index in [0.717, 1.165) is 36.1 Å². The zero-order chi connectivity index (χ0) is 25.1. The first-order valence-corrected chi connectivity index (χ1v) is 12.6. The Bertz CT molecular complexity index is 1490. The molecular weight excluding hydrogens is 459 g/mol. The number of carbonyl (C=O) groups excluding carboxylic acids is 1. The number of imidazole rings is 1. The zero-order valence-electron chi connectivity index (χ0n) is 20.9. The van der Waals surface area contributed by atoms with Crippen molar-refractivity contribution in [3.63, 3.8) is 0 Å². The van der Waals surface area contributed by atoms with Crippen molar-refractivity contribution < 1.29 is 13.9 Å². The molecule has 1 aliphatic carbocycles. The minimum atomic E-state index is -0.462. The number of hydrogen-bond donors (Lipinski definition) is 1. The number of carbonyl (C=O) groups is 1. The van der Waals surface area contributed by atoms with Gasteiger partial charge in [0.25, 0.3) is 5.91 Å². The number of nitrogens with two attached hydrogens (primary N) is 1. The summed E-state index contributed by atoms with van der Waals surface area (Å²) in [5, 5.41) is 0.977. The summed E-state index contributed by atoms with van der Waals surface area (Å²) < 4.78 is 24.8. The monoisotopic (exact) mass is 490 g/mol. The molecule has 0 radical (unpaired) electrons. The lowest BCUT2D eigenvalue weighted by atomic mass is 9.99. The molecule has 0 spiro atoms. The molecule has 6 rings (SSSR count). The number of ether oxygens (including phenoxy) is 1. The molecule has 1 aromatic carbocycles. The summed E-state index contributed by atoms with van der Waals surface area (Å²) in [7, 11) is 3.42. The van der Waals surface area contributed by atoms with Crippen LogP contribution in [0.2, 0.25) is 0 Å². The lowest BCUT2D eigenvalue weighted by Gasteiger charge is -2.36. The Balaban J connectivity index is 1.46. The summed E-state index contributed by atoms with van der Waals surface area (Å²) in [4.78, 5) is 24.6. The van der Waals surface area contributed by atoms with Gasteiger partial charge in [-0.25, -0.2) is 9.37 Å². The number of aryl methyl sites for hydroxylation is 1. The molecule has 8 nitrogen and oxygen atoms in total. The van der Waals surface area contributed by atoms with Gasteiger partial charge < -0.3 is 24.5 Å². The minimum Gasteiger partial charge on any atom is -0.481 e.